The van der Waals surface area contributed by atoms with Crippen LogP contribution in [0.15, 0.2) is 24.3 Å². The van der Waals surface area contributed by atoms with Crippen molar-refractivity contribution < 1.29 is 19.1 Å². The number of nitrogens with zero attached hydrogens (tertiary/aromatic N) is 2. The first-order chi connectivity index (χ1) is 12.6. The zero-order valence-electron chi connectivity index (χ0n) is 15.1. The molecule has 2 aliphatic heterocycles. The first kappa shape index (κ1) is 18.2. The molecular formula is C19H25N3O4. The molecule has 7 heteroatoms. The second-order valence-electron chi connectivity index (χ2n) is 6.59. The van der Waals surface area contributed by atoms with Gasteiger partial charge in [-0.3, -0.25) is 14.4 Å². The van der Waals surface area contributed by atoms with Crippen LogP contribution in [0.5, 0.6) is 5.75 Å². The molecule has 1 N–H and O–H groups in total. The SMILES string of the molecule is CCOc1ccc(C(=O)N2CCCN(C(=O)[C@H]3CCC(=O)N3)CC2)cc1. The summed E-state index contributed by atoms with van der Waals surface area (Å²) in [6, 6.07) is 6.74. The number of hydrogen-bond acceptors (Lipinski definition) is 4. The van der Waals surface area contributed by atoms with E-state index in [1.165, 1.54) is 0 Å². The fourth-order valence-electron chi connectivity index (χ4n) is 3.40. The minimum absolute atomic E-state index is 0.0310. The van der Waals surface area contributed by atoms with E-state index >= 15 is 0 Å². The van der Waals surface area contributed by atoms with Gasteiger partial charge in [0.25, 0.3) is 5.91 Å². The number of carbonyl (C=O) groups excluding carboxylic acids is 3. The Kier molecular flexibility index (Phi) is 5.75. The van der Waals surface area contributed by atoms with Crippen LogP contribution < -0.4 is 10.1 Å². The molecule has 2 aliphatic rings. The van der Waals surface area contributed by atoms with Gasteiger partial charge in [-0.1, -0.05) is 0 Å². The topological polar surface area (TPSA) is 79.0 Å². The molecule has 0 radical (unpaired) electrons. The summed E-state index contributed by atoms with van der Waals surface area (Å²) in [6.07, 6.45) is 1.70. The zero-order valence-corrected chi connectivity index (χ0v) is 15.1. The highest BCUT2D eigenvalue weighted by molar-refractivity contribution is 5.94. The molecule has 0 aliphatic carbocycles. The predicted molar refractivity (Wildman–Crippen MR) is 95.9 cm³/mol. The van der Waals surface area contributed by atoms with E-state index in [0.29, 0.717) is 51.2 Å². The average molecular weight is 359 g/mol. The summed E-state index contributed by atoms with van der Waals surface area (Å²) in [6.45, 7) is 4.72. The van der Waals surface area contributed by atoms with Gasteiger partial charge in [-0.25, -0.2) is 0 Å². The van der Waals surface area contributed by atoms with Crippen molar-refractivity contribution in [3.8, 4) is 5.75 Å². The van der Waals surface area contributed by atoms with Gasteiger partial charge < -0.3 is 19.9 Å². The molecule has 2 fully saturated rings. The molecular weight excluding hydrogens is 334 g/mol. The summed E-state index contributed by atoms with van der Waals surface area (Å²) < 4.78 is 5.40. The molecule has 1 atom stereocenters. The fraction of sp³-hybridized carbons (Fsp3) is 0.526. The number of rotatable bonds is 4. The lowest BCUT2D eigenvalue weighted by Crippen LogP contribution is -2.46. The quantitative estimate of drug-likeness (QED) is 0.871. The average Bonchev–Trinajstić information content (AvgIpc) is 2.93. The number of carbonyl (C=O) groups is 3. The lowest BCUT2D eigenvalue weighted by Gasteiger charge is -2.24. The van der Waals surface area contributed by atoms with Crippen molar-refractivity contribution in [1.29, 1.82) is 0 Å². The third-order valence-electron chi connectivity index (χ3n) is 4.80. The number of benzene rings is 1. The number of hydrogen-bond donors (Lipinski definition) is 1. The molecule has 7 nitrogen and oxygen atoms in total. The first-order valence-electron chi connectivity index (χ1n) is 9.18. The molecule has 2 saturated heterocycles. The summed E-state index contributed by atoms with van der Waals surface area (Å²) in [4.78, 5) is 40.1. The van der Waals surface area contributed by atoms with Crippen molar-refractivity contribution in [3.63, 3.8) is 0 Å². The molecule has 3 amide bonds. The van der Waals surface area contributed by atoms with Crippen LogP contribution in [0, 0.1) is 0 Å². The van der Waals surface area contributed by atoms with E-state index in [1.54, 1.807) is 34.1 Å². The molecule has 0 saturated carbocycles. The lowest BCUT2D eigenvalue weighted by atomic mass is 10.2. The molecule has 1 aromatic carbocycles. The van der Waals surface area contributed by atoms with Crippen molar-refractivity contribution >= 4 is 17.7 Å². The summed E-state index contributed by atoms with van der Waals surface area (Å²) in [5, 5.41) is 2.72. The smallest absolute Gasteiger partial charge is 0.253 e. The normalized spacial score (nSPS) is 20.5. The highest BCUT2D eigenvalue weighted by Gasteiger charge is 2.32. The van der Waals surface area contributed by atoms with Gasteiger partial charge in [0.15, 0.2) is 0 Å². The van der Waals surface area contributed by atoms with E-state index < -0.39 is 6.04 Å². The Hall–Kier alpha value is -2.57. The number of amides is 3. The van der Waals surface area contributed by atoms with Crippen LogP contribution in [0.3, 0.4) is 0 Å². The van der Waals surface area contributed by atoms with Gasteiger partial charge in [-0.15, -0.1) is 0 Å². The second-order valence-corrected chi connectivity index (χ2v) is 6.59. The van der Waals surface area contributed by atoms with Gasteiger partial charge in [-0.05, 0) is 44.0 Å². The Morgan fingerprint density at radius 3 is 2.46 bits per heavy atom. The van der Waals surface area contributed by atoms with Crippen LogP contribution in [-0.4, -0.2) is 66.3 Å². The third-order valence-corrected chi connectivity index (χ3v) is 4.80. The standard InChI is InChI=1S/C19H25N3O4/c1-2-26-15-6-4-14(5-7-15)18(24)21-10-3-11-22(13-12-21)19(25)16-8-9-17(23)20-16/h4-7,16H,2-3,8-13H2,1H3,(H,20,23)/t16-/m1/s1. The summed E-state index contributed by atoms with van der Waals surface area (Å²) >= 11 is 0. The van der Waals surface area contributed by atoms with E-state index in [1.807, 2.05) is 6.92 Å². The summed E-state index contributed by atoms with van der Waals surface area (Å²) in [5.74, 6) is 0.614. The van der Waals surface area contributed by atoms with Gasteiger partial charge in [0.05, 0.1) is 6.61 Å². The monoisotopic (exact) mass is 359 g/mol. The Morgan fingerprint density at radius 2 is 1.81 bits per heavy atom. The highest BCUT2D eigenvalue weighted by Crippen LogP contribution is 2.16. The van der Waals surface area contributed by atoms with Crippen LogP contribution in [0.25, 0.3) is 0 Å². The maximum atomic E-state index is 12.7. The molecule has 0 aromatic heterocycles. The molecule has 140 valence electrons. The molecule has 2 heterocycles. The molecule has 0 unspecified atom stereocenters. The first-order valence-corrected chi connectivity index (χ1v) is 9.18. The van der Waals surface area contributed by atoms with Crippen molar-refractivity contribution in [1.82, 2.24) is 15.1 Å². The molecule has 1 aromatic rings. The van der Waals surface area contributed by atoms with E-state index in [4.69, 9.17) is 4.74 Å². The predicted octanol–water partition coefficient (Wildman–Crippen LogP) is 1.04. The van der Waals surface area contributed by atoms with E-state index in [9.17, 15) is 14.4 Å². The van der Waals surface area contributed by atoms with Gasteiger partial charge in [0, 0.05) is 38.2 Å². The zero-order chi connectivity index (χ0) is 18.5. The van der Waals surface area contributed by atoms with Crippen molar-refractivity contribution in [3.05, 3.63) is 29.8 Å². The molecule has 0 spiro atoms. The van der Waals surface area contributed by atoms with Crippen LogP contribution in [-0.2, 0) is 9.59 Å². The van der Waals surface area contributed by atoms with Crippen LogP contribution >= 0.6 is 0 Å². The van der Waals surface area contributed by atoms with Crippen LogP contribution in [0.2, 0.25) is 0 Å². The summed E-state index contributed by atoms with van der Waals surface area (Å²) in [5.41, 5.74) is 0.622. The number of nitrogens with one attached hydrogen (secondary N) is 1. The molecule has 26 heavy (non-hydrogen) atoms. The maximum Gasteiger partial charge on any atom is 0.253 e. The van der Waals surface area contributed by atoms with Gasteiger partial charge in [0.1, 0.15) is 11.8 Å². The van der Waals surface area contributed by atoms with E-state index in [0.717, 1.165) is 12.2 Å². The van der Waals surface area contributed by atoms with Gasteiger partial charge >= 0.3 is 0 Å². The summed E-state index contributed by atoms with van der Waals surface area (Å²) in [7, 11) is 0. The Labute approximate surface area is 153 Å². The number of ether oxygens (including phenoxy) is 1. The highest BCUT2D eigenvalue weighted by atomic mass is 16.5. The van der Waals surface area contributed by atoms with Crippen molar-refractivity contribution in [2.24, 2.45) is 0 Å². The minimum atomic E-state index is -0.407. The third kappa shape index (κ3) is 4.15. The van der Waals surface area contributed by atoms with Gasteiger partial charge in [0.2, 0.25) is 11.8 Å². The van der Waals surface area contributed by atoms with Crippen molar-refractivity contribution in [2.75, 3.05) is 32.8 Å². The van der Waals surface area contributed by atoms with Gasteiger partial charge in [-0.2, -0.15) is 0 Å². The lowest BCUT2D eigenvalue weighted by molar-refractivity contribution is -0.134. The van der Waals surface area contributed by atoms with E-state index in [-0.39, 0.29) is 17.7 Å². The van der Waals surface area contributed by atoms with E-state index in [2.05, 4.69) is 5.32 Å². The second kappa shape index (κ2) is 8.21. The van der Waals surface area contributed by atoms with Crippen LogP contribution in [0.4, 0.5) is 0 Å². The Bertz CT molecular complexity index is 674. The Morgan fingerprint density at radius 1 is 1.12 bits per heavy atom. The minimum Gasteiger partial charge on any atom is -0.494 e. The maximum absolute atomic E-state index is 12.7. The fourth-order valence-corrected chi connectivity index (χ4v) is 3.40. The Balaban J connectivity index is 1.58. The largest absolute Gasteiger partial charge is 0.494 e. The van der Waals surface area contributed by atoms with Crippen molar-refractivity contribution in [2.45, 2.75) is 32.2 Å². The van der Waals surface area contributed by atoms with Crippen LogP contribution in [0.1, 0.15) is 36.5 Å². The molecule has 3 rings (SSSR count). The molecule has 0 bridgehead atoms.